The molecule has 0 bridgehead atoms. The Bertz CT molecular complexity index is 779. The van der Waals surface area contributed by atoms with Gasteiger partial charge in [0.1, 0.15) is 5.78 Å². The van der Waals surface area contributed by atoms with Crippen LogP contribution in [0.2, 0.25) is 0 Å². The van der Waals surface area contributed by atoms with Crippen LogP contribution in [0, 0.1) is 57.2 Å². The summed E-state index contributed by atoms with van der Waals surface area (Å²) < 4.78 is 0. The molecule has 0 radical (unpaired) electrons. The van der Waals surface area contributed by atoms with Crippen LogP contribution in [0.3, 0.4) is 0 Å². The minimum absolute atomic E-state index is 0.278. The van der Waals surface area contributed by atoms with Gasteiger partial charge in [0.2, 0.25) is 0 Å². The Morgan fingerprint density at radius 1 is 0.900 bits per heavy atom. The molecule has 0 aromatic carbocycles. The molecule has 0 saturated heterocycles. The minimum atomic E-state index is 0.278. The van der Waals surface area contributed by atoms with E-state index in [1.54, 1.807) is 0 Å². The number of allylic oxidation sites excluding steroid dienone is 2. The number of carbonyl (C=O) groups excluding carboxylic acids is 1. The molecule has 5 aliphatic carbocycles. The lowest BCUT2D eigenvalue weighted by atomic mass is 9.34. The first-order valence-electron chi connectivity index (χ1n) is 13.2. The van der Waals surface area contributed by atoms with Crippen molar-refractivity contribution in [3.63, 3.8) is 0 Å². The maximum Gasteiger partial charge on any atom is 0.136 e. The first-order chi connectivity index (χ1) is 14.0. The van der Waals surface area contributed by atoms with Gasteiger partial charge >= 0.3 is 0 Å². The molecular formula is C29H46O. The maximum absolute atomic E-state index is 12.6. The number of rotatable bonds is 0. The number of carbonyl (C=O) groups is 1. The molecule has 168 valence electrons. The van der Waals surface area contributed by atoms with Crippen molar-refractivity contribution >= 4 is 5.78 Å². The fourth-order valence-corrected chi connectivity index (χ4v) is 10.3. The zero-order valence-corrected chi connectivity index (χ0v) is 20.8. The second-order valence-electron chi connectivity index (χ2n) is 13.6. The summed E-state index contributed by atoms with van der Waals surface area (Å²) in [6.07, 6.45) is 14.2. The van der Waals surface area contributed by atoms with E-state index in [-0.39, 0.29) is 5.92 Å². The Kier molecular flexibility index (Phi) is 4.59. The molecule has 4 fully saturated rings. The molecule has 0 spiro atoms. The number of ketones is 1. The van der Waals surface area contributed by atoms with Crippen LogP contribution in [0.5, 0.6) is 0 Å². The highest BCUT2D eigenvalue weighted by atomic mass is 16.1. The van der Waals surface area contributed by atoms with Crippen molar-refractivity contribution in [2.45, 2.75) is 106 Å². The smallest absolute Gasteiger partial charge is 0.136 e. The first-order valence-corrected chi connectivity index (χ1v) is 13.2. The van der Waals surface area contributed by atoms with Gasteiger partial charge in [-0.25, -0.2) is 0 Å². The third kappa shape index (κ3) is 2.45. The lowest BCUT2D eigenvalue weighted by molar-refractivity contribution is -0.172. The third-order valence-electron chi connectivity index (χ3n) is 12.8. The second kappa shape index (κ2) is 6.48. The number of fused-ring (bicyclic) bond motifs is 7. The summed E-state index contributed by atoms with van der Waals surface area (Å²) in [6.45, 7) is 17.9. The van der Waals surface area contributed by atoms with Crippen LogP contribution in [-0.4, -0.2) is 5.78 Å². The van der Waals surface area contributed by atoms with E-state index < -0.39 is 0 Å². The van der Waals surface area contributed by atoms with Gasteiger partial charge in [0.15, 0.2) is 0 Å². The summed E-state index contributed by atoms with van der Waals surface area (Å²) >= 11 is 0. The monoisotopic (exact) mass is 410 g/mol. The first kappa shape index (κ1) is 21.3. The molecule has 0 heterocycles. The van der Waals surface area contributed by atoms with E-state index in [0.717, 1.165) is 36.5 Å². The Morgan fingerprint density at radius 2 is 1.63 bits per heavy atom. The van der Waals surface area contributed by atoms with Gasteiger partial charge in [-0.15, -0.1) is 0 Å². The van der Waals surface area contributed by atoms with E-state index in [0.29, 0.717) is 33.4 Å². The van der Waals surface area contributed by atoms with Gasteiger partial charge in [-0.3, -0.25) is 4.79 Å². The van der Waals surface area contributed by atoms with E-state index in [4.69, 9.17) is 0 Å². The molecule has 5 rings (SSSR count). The van der Waals surface area contributed by atoms with Gasteiger partial charge in [0, 0.05) is 12.3 Å². The molecule has 30 heavy (non-hydrogen) atoms. The Balaban J connectivity index is 1.59. The lowest BCUT2D eigenvalue weighted by Crippen LogP contribution is -2.63. The fourth-order valence-electron chi connectivity index (χ4n) is 10.3. The van der Waals surface area contributed by atoms with Gasteiger partial charge in [0.05, 0.1) is 0 Å². The van der Waals surface area contributed by atoms with E-state index in [1.807, 2.05) is 5.57 Å². The van der Waals surface area contributed by atoms with Crippen molar-refractivity contribution < 1.29 is 4.79 Å². The van der Waals surface area contributed by atoms with Gasteiger partial charge in [-0.1, -0.05) is 60.1 Å². The lowest BCUT2D eigenvalue weighted by Gasteiger charge is -2.70. The van der Waals surface area contributed by atoms with Crippen molar-refractivity contribution in [1.29, 1.82) is 0 Å². The van der Waals surface area contributed by atoms with Crippen LogP contribution < -0.4 is 0 Å². The summed E-state index contributed by atoms with van der Waals surface area (Å²) in [5.41, 5.74) is 3.48. The minimum Gasteiger partial charge on any atom is -0.299 e. The van der Waals surface area contributed by atoms with E-state index >= 15 is 0 Å². The van der Waals surface area contributed by atoms with Crippen LogP contribution >= 0.6 is 0 Å². The largest absolute Gasteiger partial charge is 0.299 e. The summed E-state index contributed by atoms with van der Waals surface area (Å²) in [7, 11) is 0. The van der Waals surface area contributed by atoms with Crippen molar-refractivity contribution in [2.24, 2.45) is 57.2 Å². The molecule has 5 aliphatic rings. The zero-order valence-electron chi connectivity index (χ0n) is 20.8. The molecule has 10 atom stereocenters. The van der Waals surface area contributed by atoms with Crippen LogP contribution in [0.15, 0.2) is 11.6 Å². The normalized spacial score (nSPS) is 58.1. The zero-order chi connectivity index (χ0) is 21.7. The molecule has 0 N–H and O–H groups in total. The predicted molar refractivity (Wildman–Crippen MR) is 125 cm³/mol. The van der Waals surface area contributed by atoms with Gasteiger partial charge < -0.3 is 0 Å². The summed E-state index contributed by atoms with van der Waals surface area (Å²) in [6, 6.07) is 0. The Hall–Kier alpha value is -0.590. The second-order valence-corrected chi connectivity index (χ2v) is 13.6. The van der Waals surface area contributed by atoms with E-state index in [9.17, 15) is 4.79 Å². The summed E-state index contributed by atoms with van der Waals surface area (Å²) in [5, 5.41) is 0. The molecular weight excluding hydrogens is 364 g/mol. The van der Waals surface area contributed by atoms with Crippen LogP contribution in [0.4, 0.5) is 0 Å². The molecule has 4 saturated carbocycles. The highest BCUT2D eigenvalue weighted by Crippen LogP contribution is 2.74. The van der Waals surface area contributed by atoms with Crippen molar-refractivity contribution in [3.8, 4) is 0 Å². The van der Waals surface area contributed by atoms with Gasteiger partial charge in [-0.2, -0.15) is 0 Å². The van der Waals surface area contributed by atoms with Crippen LogP contribution in [-0.2, 0) is 4.79 Å². The van der Waals surface area contributed by atoms with Gasteiger partial charge in [0.25, 0.3) is 0 Å². The van der Waals surface area contributed by atoms with Crippen LogP contribution in [0.25, 0.3) is 0 Å². The van der Waals surface area contributed by atoms with E-state index in [2.05, 4.69) is 54.5 Å². The molecule has 0 aliphatic heterocycles. The Morgan fingerprint density at radius 3 is 2.37 bits per heavy atom. The standard InChI is InChI=1S/C29H46O/c1-18-10-13-26(4)16-17-28(6)22(25(26)19(18)2)8-9-24-27(5)14-12-23(30)20(3)21(27)11-15-29(24,28)7/h8,18-21,24-25H,9-17H2,1-7H3/t18-,19+,20?,21?,24-,25+,26-,27+,28-,29-/m1/s1. The maximum atomic E-state index is 12.6. The third-order valence-corrected chi connectivity index (χ3v) is 12.8. The molecule has 0 aromatic heterocycles. The average molecular weight is 411 g/mol. The number of hydrogen-bond donors (Lipinski definition) is 0. The quantitative estimate of drug-likeness (QED) is 0.372. The molecule has 2 unspecified atom stereocenters. The SMILES string of the molecule is CC1C(=O)CC[C@@]2(C)C1CC[C@]1(C)[C@@H]2CC=C2[C@@H]3[C@@H](C)[C@H](C)CC[C@]3(C)CC[C@]21C. The number of hydrogen-bond acceptors (Lipinski definition) is 1. The fraction of sp³-hybridized carbons (Fsp3) is 0.897. The predicted octanol–water partition coefficient (Wildman–Crippen LogP) is 7.84. The average Bonchev–Trinajstić information content (AvgIpc) is 2.69. The number of Topliss-reactive ketones (excluding diaryl/α,β-unsaturated/α-hetero) is 1. The van der Waals surface area contributed by atoms with Crippen molar-refractivity contribution in [2.75, 3.05) is 0 Å². The van der Waals surface area contributed by atoms with Crippen molar-refractivity contribution in [1.82, 2.24) is 0 Å². The topological polar surface area (TPSA) is 17.1 Å². The highest BCUT2D eigenvalue weighted by Gasteiger charge is 2.66. The summed E-state index contributed by atoms with van der Waals surface area (Å²) in [5.74, 6) is 4.63. The Labute approximate surface area is 185 Å². The highest BCUT2D eigenvalue weighted by molar-refractivity contribution is 5.82. The molecule has 1 nitrogen and oxygen atoms in total. The van der Waals surface area contributed by atoms with E-state index in [1.165, 1.54) is 44.9 Å². The summed E-state index contributed by atoms with van der Waals surface area (Å²) in [4.78, 5) is 12.6. The molecule has 0 aromatic rings. The van der Waals surface area contributed by atoms with Crippen molar-refractivity contribution in [3.05, 3.63) is 11.6 Å². The molecule has 1 heteroatoms. The van der Waals surface area contributed by atoms with Gasteiger partial charge in [-0.05, 0) is 103 Å². The molecule has 0 amide bonds. The van der Waals surface area contributed by atoms with Crippen LogP contribution in [0.1, 0.15) is 106 Å².